The lowest BCUT2D eigenvalue weighted by atomic mass is 9.95. The van der Waals surface area contributed by atoms with E-state index in [-0.39, 0.29) is 17.7 Å². The van der Waals surface area contributed by atoms with Crippen molar-refractivity contribution in [1.29, 1.82) is 0 Å². The van der Waals surface area contributed by atoms with Gasteiger partial charge in [-0.3, -0.25) is 4.79 Å². The van der Waals surface area contributed by atoms with Crippen molar-refractivity contribution < 1.29 is 26.4 Å². The quantitative estimate of drug-likeness (QED) is 0.552. The number of benzene rings is 2. The van der Waals surface area contributed by atoms with Gasteiger partial charge in [0.15, 0.2) is 0 Å². The van der Waals surface area contributed by atoms with E-state index in [4.69, 9.17) is 5.14 Å². The third kappa shape index (κ3) is 4.35. The fraction of sp³-hybridized carbons (Fsp3) is 0.261. The maximum absolute atomic E-state index is 13.0. The first-order chi connectivity index (χ1) is 14.8. The Kier molecular flexibility index (Phi) is 6.10. The average Bonchev–Trinajstić information content (AvgIpc) is 2.99. The summed E-state index contributed by atoms with van der Waals surface area (Å²) in [5, 5.41) is 5.59. The molecule has 0 saturated carbocycles. The Morgan fingerprint density at radius 3 is 2.06 bits per heavy atom. The number of carbonyl (C=O) groups excluding carboxylic acids is 1. The van der Waals surface area contributed by atoms with Crippen molar-refractivity contribution >= 4 is 15.8 Å². The molecule has 5 nitrogen and oxygen atoms in total. The van der Waals surface area contributed by atoms with Gasteiger partial charge in [0.05, 0.1) is 11.3 Å². The second-order valence-electron chi connectivity index (χ2n) is 7.95. The molecule has 2 aromatic carbocycles. The van der Waals surface area contributed by atoms with Gasteiger partial charge in [-0.15, -0.1) is 0 Å². The van der Waals surface area contributed by atoms with Crippen LogP contribution in [0.2, 0.25) is 0 Å². The van der Waals surface area contributed by atoms with Crippen LogP contribution in [0.1, 0.15) is 45.4 Å². The maximum atomic E-state index is 13.0. The summed E-state index contributed by atoms with van der Waals surface area (Å²) in [6.45, 7) is 3.22. The number of rotatable bonds is 6. The number of nitrogens with two attached hydrogens (primary N) is 1. The summed E-state index contributed by atoms with van der Waals surface area (Å²) in [6, 6.07) is 14.2. The maximum Gasteiger partial charge on any atom is 0.416 e. The predicted molar refractivity (Wildman–Crippen MR) is 116 cm³/mol. The molecular formula is C23H23F3N2O3S. The predicted octanol–water partition coefficient (Wildman–Crippen LogP) is 4.33. The third-order valence-electron chi connectivity index (χ3n) is 5.74. The zero-order valence-electron chi connectivity index (χ0n) is 17.8. The van der Waals surface area contributed by atoms with E-state index in [9.17, 15) is 26.4 Å². The van der Waals surface area contributed by atoms with Crippen LogP contribution in [0.5, 0.6) is 0 Å². The van der Waals surface area contributed by atoms with Gasteiger partial charge in [-0.1, -0.05) is 42.5 Å². The van der Waals surface area contributed by atoms with Gasteiger partial charge in [0.2, 0.25) is 15.8 Å². The van der Waals surface area contributed by atoms with E-state index in [1.807, 2.05) is 0 Å². The highest BCUT2D eigenvalue weighted by atomic mass is 32.2. The van der Waals surface area contributed by atoms with E-state index in [1.165, 1.54) is 6.92 Å². The number of carbonyl (C=O) groups is 1. The van der Waals surface area contributed by atoms with Crippen LogP contribution in [0.25, 0.3) is 0 Å². The van der Waals surface area contributed by atoms with Crippen molar-refractivity contribution in [2.24, 2.45) is 12.2 Å². The number of aryl methyl sites for hydroxylation is 1. The number of halogens is 3. The largest absolute Gasteiger partial charge is 0.416 e. The first-order valence-electron chi connectivity index (χ1n) is 9.71. The SMILES string of the molecule is Cc1cc(CC(C)(c2ccccc2)S(N)(=O)=O)n(C)c1C(=O)c1ccc(C(F)(F)F)cc1. The Morgan fingerprint density at radius 1 is 1.00 bits per heavy atom. The van der Waals surface area contributed by atoms with Gasteiger partial charge < -0.3 is 4.57 Å². The molecule has 0 aliphatic carbocycles. The molecule has 1 heterocycles. The molecular weight excluding hydrogens is 441 g/mol. The number of hydrogen-bond donors (Lipinski definition) is 1. The summed E-state index contributed by atoms with van der Waals surface area (Å²) < 4.78 is 63.7. The summed E-state index contributed by atoms with van der Waals surface area (Å²) >= 11 is 0. The molecule has 3 rings (SSSR count). The minimum absolute atomic E-state index is 0.00742. The van der Waals surface area contributed by atoms with E-state index in [0.717, 1.165) is 24.3 Å². The fourth-order valence-corrected chi connectivity index (χ4v) is 4.59. The van der Waals surface area contributed by atoms with Crippen LogP contribution in [0.15, 0.2) is 60.7 Å². The van der Waals surface area contributed by atoms with Crippen molar-refractivity contribution in [3.8, 4) is 0 Å². The summed E-state index contributed by atoms with van der Waals surface area (Å²) in [4.78, 5) is 13.0. The summed E-state index contributed by atoms with van der Waals surface area (Å²) in [5.41, 5.74) is 1.17. The number of hydrogen-bond acceptors (Lipinski definition) is 3. The monoisotopic (exact) mass is 464 g/mol. The summed E-state index contributed by atoms with van der Waals surface area (Å²) in [7, 11) is -2.41. The Balaban J connectivity index is 2.01. The molecule has 0 amide bonds. The van der Waals surface area contributed by atoms with Crippen molar-refractivity contribution in [3.05, 3.63) is 94.3 Å². The molecule has 9 heteroatoms. The van der Waals surface area contributed by atoms with E-state index in [2.05, 4.69) is 0 Å². The molecule has 2 N–H and O–H groups in total. The second-order valence-corrected chi connectivity index (χ2v) is 9.94. The van der Waals surface area contributed by atoms with E-state index in [1.54, 1.807) is 54.9 Å². The molecule has 32 heavy (non-hydrogen) atoms. The Hall–Kier alpha value is -2.91. The number of alkyl halides is 3. The van der Waals surface area contributed by atoms with Crippen molar-refractivity contribution in [1.82, 2.24) is 4.57 Å². The van der Waals surface area contributed by atoms with Crippen molar-refractivity contribution in [3.63, 3.8) is 0 Å². The zero-order valence-corrected chi connectivity index (χ0v) is 18.6. The highest BCUT2D eigenvalue weighted by Crippen LogP contribution is 2.34. The van der Waals surface area contributed by atoms with Crippen LogP contribution in [-0.2, 0) is 34.4 Å². The molecule has 0 radical (unpaired) electrons. The van der Waals surface area contributed by atoms with Gasteiger partial charge in [0.25, 0.3) is 0 Å². The summed E-state index contributed by atoms with van der Waals surface area (Å²) in [5.74, 6) is -0.456. The lowest BCUT2D eigenvalue weighted by molar-refractivity contribution is -0.137. The molecule has 3 aromatic rings. The third-order valence-corrected chi connectivity index (χ3v) is 7.38. The van der Waals surface area contributed by atoms with Crippen LogP contribution < -0.4 is 5.14 Å². The van der Waals surface area contributed by atoms with Gasteiger partial charge in [-0.2, -0.15) is 13.2 Å². The van der Waals surface area contributed by atoms with Gasteiger partial charge in [-0.05, 0) is 43.2 Å². The molecule has 1 atom stereocenters. The standard InChI is InChI=1S/C23H23F3N2O3S/c1-15-13-19(14-22(2,32(27,30)31)17-7-5-4-6-8-17)28(3)20(15)21(29)16-9-11-18(12-10-16)23(24,25)26/h4-13H,14H2,1-3H3,(H2,27,30,31). The molecule has 0 aliphatic rings. The minimum Gasteiger partial charge on any atom is -0.345 e. The molecule has 0 aliphatic heterocycles. The molecule has 170 valence electrons. The van der Waals surface area contributed by atoms with Gasteiger partial charge in [0.1, 0.15) is 4.75 Å². The molecule has 1 aromatic heterocycles. The highest BCUT2D eigenvalue weighted by Gasteiger charge is 2.40. The summed E-state index contributed by atoms with van der Waals surface area (Å²) in [6.07, 6.45) is -4.49. The van der Waals surface area contributed by atoms with Gasteiger partial charge in [-0.25, -0.2) is 13.6 Å². The lowest BCUT2D eigenvalue weighted by Gasteiger charge is -2.28. The molecule has 0 bridgehead atoms. The van der Waals surface area contributed by atoms with E-state index in [0.29, 0.717) is 16.8 Å². The average molecular weight is 465 g/mol. The number of sulfonamides is 1. The van der Waals surface area contributed by atoms with Crippen LogP contribution in [0.4, 0.5) is 13.2 Å². The normalized spacial score (nSPS) is 14.2. The van der Waals surface area contributed by atoms with E-state index >= 15 is 0 Å². The number of ketones is 1. The van der Waals surface area contributed by atoms with Crippen LogP contribution >= 0.6 is 0 Å². The molecule has 0 fully saturated rings. The lowest BCUT2D eigenvalue weighted by Crippen LogP contribution is -2.40. The fourth-order valence-electron chi connectivity index (χ4n) is 3.77. The van der Waals surface area contributed by atoms with Crippen LogP contribution in [0, 0.1) is 6.92 Å². The zero-order chi connectivity index (χ0) is 23.9. The number of primary sulfonamides is 1. The smallest absolute Gasteiger partial charge is 0.345 e. The number of aromatic nitrogens is 1. The van der Waals surface area contributed by atoms with Crippen LogP contribution in [0.3, 0.4) is 0 Å². The first-order valence-corrected chi connectivity index (χ1v) is 11.3. The number of nitrogens with zero attached hydrogens (tertiary/aromatic N) is 1. The highest BCUT2D eigenvalue weighted by molar-refractivity contribution is 7.90. The Bertz CT molecular complexity index is 1250. The second kappa shape index (κ2) is 8.22. The van der Waals surface area contributed by atoms with Crippen molar-refractivity contribution in [2.75, 3.05) is 0 Å². The Morgan fingerprint density at radius 2 is 1.56 bits per heavy atom. The molecule has 1 unspecified atom stereocenters. The van der Waals surface area contributed by atoms with E-state index < -0.39 is 32.3 Å². The van der Waals surface area contributed by atoms with Crippen LogP contribution in [-0.4, -0.2) is 18.8 Å². The molecule has 0 saturated heterocycles. The minimum atomic E-state index is -4.49. The van der Waals surface area contributed by atoms with Gasteiger partial charge in [0, 0.05) is 24.7 Å². The van der Waals surface area contributed by atoms with Crippen molar-refractivity contribution in [2.45, 2.75) is 31.2 Å². The molecule has 0 spiro atoms. The first kappa shape index (κ1) is 23.7. The topological polar surface area (TPSA) is 82.2 Å². The van der Waals surface area contributed by atoms with Gasteiger partial charge >= 0.3 is 6.18 Å². The Labute approximate surface area is 184 Å².